The molecule has 0 saturated carbocycles. The van der Waals surface area contributed by atoms with Crippen LogP contribution in [0, 0.1) is 5.92 Å². The third-order valence-electron chi connectivity index (χ3n) is 2.51. The van der Waals surface area contributed by atoms with Gasteiger partial charge in [-0.25, -0.2) is 0 Å². The summed E-state index contributed by atoms with van der Waals surface area (Å²) in [4.78, 5) is 17.7. The van der Waals surface area contributed by atoms with Crippen molar-refractivity contribution in [3.63, 3.8) is 0 Å². The minimum atomic E-state index is -0.234. The summed E-state index contributed by atoms with van der Waals surface area (Å²) in [5.41, 5.74) is 0.387. The van der Waals surface area contributed by atoms with E-state index in [1.165, 1.54) is 12.4 Å². The molecule has 0 saturated heterocycles. The van der Waals surface area contributed by atoms with E-state index in [0.717, 1.165) is 0 Å². The Morgan fingerprint density at radius 3 is 2.59 bits per heavy atom. The summed E-state index contributed by atoms with van der Waals surface area (Å²) < 4.78 is 0. The molecule has 0 aliphatic carbocycles. The van der Waals surface area contributed by atoms with E-state index in [2.05, 4.69) is 10.3 Å². The highest BCUT2D eigenvalue weighted by atomic mass is 16.3. The average molecular weight is 237 g/mol. The number of hydrogen-bond acceptors (Lipinski definition) is 4. The van der Waals surface area contributed by atoms with Crippen molar-refractivity contribution in [1.29, 1.82) is 0 Å². The van der Waals surface area contributed by atoms with E-state index in [0.29, 0.717) is 5.69 Å². The van der Waals surface area contributed by atoms with Gasteiger partial charge in [-0.2, -0.15) is 0 Å². The summed E-state index contributed by atoms with van der Waals surface area (Å²) in [7, 11) is 3.72. The number of aromatic hydroxyl groups is 1. The Kier molecular flexibility index (Phi) is 4.45. The number of nitrogens with zero attached hydrogens (tertiary/aromatic N) is 2. The van der Waals surface area contributed by atoms with Gasteiger partial charge in [0, 0.05) is 6.20 Å². The second-order valence-electron chi connectivity index (χ2n) is 4.53. The van der Waals surface area contributed by atoms with Gasteiger partial charge in [0.25, 0.3) is 0 Å². The number of pyridine rings is 1. The SMILES string of the molecule is CC(C)C(C(=O)Nc1ccncc1O)N(C)C. The van der Waals surface area contributed by atoms with Crippen molar-refractivity contribution in [3.8, 4) is 5.75 Å². The van der Waals surface area contributed by atoms with E-state index in [9.17, 15) is 9.90 Å². The molecular weight excluding hydrogens is 218 g/mol. The molecule has 0 aliphatic rings. The van der Waals surface area contributed by atoms with Crippen LogP contribution < -0.4 is 5.32 Å². The first kappa shape index (κ1) is 13.4. The molecule has 1 aromatic heterocycles. The number of carbonyl (C=O) groups excluding carboxylic acids is 1. The lowest BCUT2D eigenvalue weighted by atomic mass is 10.0. The highest BCUT2D eigenvalue weighted by molar-refractivity contribution is 5.96. The first-order valence-corrected chi connectivity index (χ1v) is 5.53. The molecule has 0 fully saturated rings. The highest BCUT2D eigenvalue weighted by Gasteiger charge is 2.24. The van der Waals surface area contributed by atoms with Crippen LogP contribution in [0.25, 0.3) is 0 Å². The van der Waals surface area contributed by atoms with Crippen LogP contribution in [0.5, 0.6) is 5.75 Å². The molecule has 0 aliphatic heterocycles. The van der Waals surface area contributed by atoms with Gasteiger partial charge in [-0.05, 0) is 26.1 Å². The van der Waals surface area contributed by atoms with Crippen molar-refractivity contribution in [3.05, 3.63) is 18.5 Å². The van der Waals surface area contributed by atoms with Crippen molar-refractivity contribution in [2.75, 3.05) is 19.4 Å². The number of carbonyl (C=O) groups is 1. The summed E-state index contributed by atoms with van der Waals surface area (Å²) in [6.07, 6.45) is 2.82. The van der Waals surface area contributed by atoms with Gasteiger partial charge < -0.3 is 10.4 Å². The van der Waals surface area contributed by atoms with Gasteiger partial charge in [-0.15, -0.1) is 0 Å². The van der Waals surface area contributed by atoms with Crippen LogP contribution in [0.3, 0.4) is 0 Å². The second-order valence-corrected chi connectivity index (χ2v) is 4.53. The molecule has 0 radical (unpaired) electrons. The van der Waals surface area contributed by atoms with Gasteiger partial charge in [0.15, 0.2) is 5.75 Å². The number of rotatable bonds is 4. The summed E-state index contributed by atoms with van der Waals surface area (Å²) >= 11 is 0. The molecule has 1 rings (SSSR count). The quantitative estimate of drug-likeness (QED) is 0.828. The monoisotopic (exact) mass is 237 g/mol. The molecule has 1 atom stereocenters. The number of likely N-dealkylation sites (N-methyl/N-ethyl adjacent to an activating group) is 1. The summed E-state index contributed by atoms with van der Waals surface area (Å²) in [6.45, 7) is 3.97. The lowest BCUT2D eigenvalue weighted by Crippen LogP contribution is -2.43. The molecule has 1 amide bonds. The normalized spacial score (nSPS) is 12.8. The first-order chi connectivity index (χ1) is 7.93. The van der Waals surface area contributed by atoms with E-state index < -0.39 is 0 Å². The second kappa shape index (κ2) is 5.63. The Balaban J connectivity index is 2.81. The Labute approximate surface area is 101 Å². The van der Waals surface area contributed by atoms with Gasteiger partial charge in [0.05, 0.1) is 17.9 Å². The molecule has 0 bridgehead atoms. The van der Waals surface area contributed by atoms with Crippen molar-refractivity contribution < 1.29 is 9.90 Å². The molecule has 0 spiro atoms. The van der Waals surface area contributed by atoms with E-state index >= 15 is 0 Å². The largest absolute Gasteiger partial charge is 0.504 e. The fourth-order valence-corrected chi connectivity index (χ4v) is 1.83. The summed E-state index contributed by atoms with van der Waals surface area (Å²) in [5, 5.41) is 12.2. The average Bonchev–Trinajstić information content (AvgIpc) is 2.20. The number of hydrogen-bond donors (Lipinski definition) is 2. The van der Waals surface area contributed by atoms with E-state index in [1.807, 2.05) is 32.8 Å². The van der Waals surface area contributed by atoms with Crippen LogP contribution >= 0.6 is 0 Å². The smallest absolute Gasteiger partial charge is 0.242 e. The van der Waals surface area contributed by atoms with Crippen LogP contribution in [0.15, 0.2) is 18.5 Å². The van der Waals surface area contributed by atoms with Crippen LogP contribution in [0.4, 0.5) is 5.69 Å². The molecular formula is C12H19N3O2. The van der Waals surface area contributed by atoms with Crippen LogP contribution in [-0.2, 0) is 4.79 Å². The lowest BCUT2D eigenvalue weighted by molar-refractivity contribution is -0.121. The fourth-order valence-electron chi connectivity index (χ4n) is 1.83. The number of anilines is 1. The molecule has 2 N–H and O–H groups in total. The summed E-state index contributed by atoms with van der Waals surface area (Å²) in [6, 6.07) is 1.34. The minimum Gasteiger partial charge on any atom is -0.504 e. The first-order valence-electron chi connectivity index (χ1n) is 5.53. The fraction of sp³-hybridized carbons (Fsp3) is 0.500. The third-order valence-corrected chi connectivity index (χ3v) is 2.51. The maximum absolute atomic E-state index is 12.1. The Morgan fingerprint density at radius 2 is 2.12 bits per heavy atom. The molecule has 1 unspecified atom stereocenters. The zero-order valence-electron chi connectivity index (χ0n) is 10.6. The number of nitrogens with one attached hydrogen (secondary N) is 1. The Bertz CT molecular complexity index is 383. The van der Waals surface area contributed by atoms with E-state index in [-0.39, 0.29) is 23.6 Å². The van der Waals surface area contributed by atoms with E-state index in [4.69, 9.17) is 0 Å². The molecule has 17 heavy (non-hydrogen) atoms. The van der Waals surface area contributed by atoms with Crippen LogP contribution in [-0.4, -0.2) is 41.0 Å². The van der Waals surface area contributed by atoms with Gasteiger partial charge >= 0.3 is 0 Å². The van der Waals surface area contributed by atoms with Gasteiger partial charge in [-0.3, -0.25) is 14.7 Å². The summed E-state index contributed by atoms with van der Waals surface area (Å²) in [5.74, 6) is 0.0302. The maximum atomic E-state index is 12.1. The van der Waals surface area contributed by atoms with E-state index in [1.54, 1.807) is 6.07 Å². The minimum absolute atomic E-state index is 0.0258. The standard InChI is InChI=1S/C12H19N3O2/c1-8(2)11(15(3)4)12(17)14-9-5-6-13-7-10(9)16/h5-8,11,16H,1-4H3,(H,13,14,17). The predicted octanol–water partition coefficient (Wildman–Crippen LogP) is 1.31. The maximum Gasteiger partial charge on any atom is 0.242 e. The van der Waals surface area contributed by atoms with Gasteiger partial charge in [-0.1, -0.05) is 13.8 Å². The van der Waals surface area contributed by atoms with Crippen molar-refractivity contribution >= 4 is 11.6 Å². The third kappa shape index (κ3) is 3.42. The van der Waals surface area contributed by atoms with Gasteiger partial charge in [0.1, 0.15) is 0 Å². The lowest BCUT2D eigenvalue weighted by Gasteiger charge is -2.26. The molecule has 1 heterocycles. The molecule has 5 nitrogen and oxygen atoms in total. The zero-order valence-corrected chi connectivity index (χ0v) is 10.6. The van der Waals surface area contributed by atoms with Crippen molar-refractivity contribution in [2.24, 2.45) is 5.92 Å². The number of amides is 1. The number of aromatic nitrogens is 1. The topological polar surface area (TPSA) is 65.5 Å². The van der Waals surface area contributed by atoms with Gasteiger partial charge in [0.2, 0.25) is 5.91 Å². The van der Waals surface area contributed by atoms with Crippen LogP contribution in [0.1, 0.15) is 13.8 Å². The van der Waals surface area contributed by atoms with Crippen molar-refractivity contribution in [1.82, 2.24) is 9.88 Å². The van der Waals surface area contributed by atoms with Crippen LogP contribution in [0.2, 0.25) is 0 Å². The highest BCUT2D eigenvalue weighted by Crippen LogP contribution is 2.21. The predicted molar refractivity (Wildman–Crippen MR) is 66.8 cm³/mol. The van der Waals surface area contributed by atoms with Crippen molar-refractivity contribution in [2.45, 2.75) is 19.9 Å². The Hall–Kier alpha value is -1.62. The molecule has 94 valence electrons. The molecule has 1 aromatic rings. The Morgan fingerprint density at radius 1 is 1.47 bits per heavy atom. The molecule has 0 aromatic carbocycles. The molecule has 5 heteroatoms. The zero-order chi connectivity index (χ0) is 13.0.